The van der Waals surface area contributed by atoms with Crippen molar-refractivity contribution in [1.29, 1.82) is 0 Å². The lowest BCUT2D eigenvalue weighted by molar-refractivity contribution is -0.150. The Morgan fingerprint density at radius 3 is 1.47 bits per heavy atom. The average Bonchev–Trinajstić information content (AvgIpc) is 3.41. The van der Waals surface area contributed by atoms with Crippen LogP contribution in [-0.4, -0.2) is 97.6 Å². The molecule has 0 radical (unpaired) electrons. The lowest BCUT2D eigenvalue weighted by Gasteiger charge is -2.42. The van der Waals surface area contributed by atoms with Crippen LogP contribution in [0.1, 0.15) is 54.4 Å². The highest BCUT2D eigenvalue weighted by Gasteiger charge is 2.44. The average molecular weight is 974 g/mol. The molecule has 1 unspecified atom stereocenters. The molecule has 10 rings (SSSR count). The number of methoxy groups -OCH3 is 4. The second kappa shape index (κ2) is 21.2. The van der Waals surface area contributed by atoms with E-state index in [9.17, 15) is 14.7 Å². The Balaban J connectivity index is 0.000000185. The Labute approximate surface area is 419 Å². The van der Waals surface area contributed by atoms with E-state index in [0.717, 1.165) is 30.2 Å². The number of nitrogen functional groups attached to an aromatic ring is 2. The molecule has 16 nitrogen and oxygen atoms in total. The van der Waals surface area contributed by atoms with Crippen molar-refractivity contribution in [3.63, 3.8) is 0 Å². The van der Waals surface area contributed by atoms with Gasteiger partial charge in [0, 0.05) is 55.1 Å². The SMILES string of the molecule is COc1cc2nc(N3CCC(Cc4ccccc4)(C(=O)NC4CCc5ccccc5C4)CC3)nc(N)c2cc1OC.COc1cc2nc(N3CCC(Cc4ccccc4)(C(=O)O)CC3)nc(N)c2cc1OC. The number of piperidine rings is 2. The maximum absolute atomic E-state index is 14.1. The summed E-state index contributed by atoms with van der Waals surface area (Å²) in [4.78, 5) is 49.1. The van der Waals surface area contributed by atoms with Crippen LogP contribution < -0.4 is 45.5 Å². The summed E-state index contributed by atoms with van der Waals surface area (Å²) in [5.41, 5.74) is 17.6. The maximum atomic E-state index is 14.1. The highest BCUT2D eigenvalue weighted by atomic mass is 16.5. The third-order valence-corrected chi connectivity index (χ3v) is 14.8. The summed E-state index contributed by atoms with van der Waals surface area (Å²) < 4.78 is 21.6. The zero-order valence-corrected chi connectivity index (χ0v) is 41.4. The van der Waals surface area contributed by atoms with Crippen molar-refractivity contribution in [3.8, 4) is 23.0 Å². The smallest absolute Gasteiger partial charge is 0.310 e. The van der Waals surface area contributed by atoms with Crippen LogP contribution in [0.5, 0.6) is 23.0 Å². The van der Waals surface area contributed by atoms with Gasteiger partial charge < -0.3 is 50.6 Å². The number of aryl methyl sites for hydroxylation is 1. The number of carboxylic acid groups (broad SMARTS) is 1. The first-order valence-electron chi connectivity index (χ1n) is 24.5. The third-order valence-electron chi connectivity index (χ3n) is 14.8. The van der Waals surface area contributed by atoms with Gasteiger partial charge in [0.2, 0.25) is 17.8 Å². The second-order valence-corrected chi connectivity index (χ2v) is 19.1. The number of nitrogens with two attached hydrogens (primary N) is 2. The lowest BCUT2D eigenvalue weighted by atomic mass is 9.72. The number of ether oxygens (including phenoxy) is 4. The summed E-state index contributed by atoms with van der Waals surface area (Å²) in [6, 6.07) is 36.0. The molecule has 2 saturated heterocycles. The Bertz CT molecular complexity index is 3050. The number of carbonyl (C=O) groups excluding carboxylic acids is 1. The first kappa shape index (κ1) is 49.1. The molecule has 2 aromatic heterocycles. The highest BCUT2D eigenvalue weighted by molar-refractivity contribution is 5.93. The fourth-order valence-electron chi connectivity index (χ4n) is 10.6. The largest absolute Gasteiger partial charge is 0.493 e. The van der Waals surface area contributed by atoms with E-state index in [0.29, 0.717) is 128 Å². The molecule has 16 heteroatoms. The molecule has 0 saturated carbocycles. The van der Waals surface area contributed by atoms with E-state index in [4.69, 9.17) is 35.4 Å². The van der Waals surface area contributed by atoms with Crippen LogP contribution in [0.4, 0.5) is 23.5 Å². The standard InChI is InChI=1S/C33H37N5O3.C23H26N4O4/c1-40-28-19-26-27(20-29(28)41-2)36-32(37-30(26)34)38-16-14-33(15-17-38,21-22-8-4-3-5-9-22)31(39)35-25-13-12-23-10-6-7-11-24(23)18-25;1-30-18-12-16-17(13-19(18)31-2)25-22(26-20(16)24)27-10-8-23(9-11-27,21(28)29)14-15-6-4-3-5-7-15/h3-11,19-20,25H,12-18,21H2,1-2H3,(H,35,39)(H2,34,36,37);3-7,12-13H,8-11,14H2,1-2H3,(H,28,29)(H2,24,25,26). The number of hydrogen-bond acceptors (Lipinski definition) is 14. The van der Waals surface area contributed by atoms with Gasteiger partial charge in [-0.1, -0.05) is 84.9 Å². The van der Waals surface area contributed by atoms with Crippen LogP contribution >= 0.6 is 0 Å². The number of hydrogen-bond donors (Lipinski definition) is 4. The number of nitrogens with one attached hydrogen (secondary N) is 1. The molecule has 3 aliphatic rings. The number of nitrogens with zero attached hydrogens (tertiary/aromatic N) is 6. The molecule has 1 aliphatic carbocycles. The van der Waals surface area contributed by atoms with Crippen LogP contribution in [0, 0.1) is 10.8 Å². The lowest BCUT2D eigenvalue weighted by Crippen LogP contribution is -2.53. The number of benzene rings is 5. The van der Waals surface area contributed by atoms with Crippen molar-refractivity contribution in [2.24, 2.45) is 10.8 Å². The summed E-state index contributed by atoms with van der Waals surface area (Å²) in [7, 11) is 6.32. The second-order valence-electron chi connectivity index (χ2n) is 19.1. The van der Waals surface area contributed by atoms with Crippen molar-refractivity contribution >= 4 is 57.2 Å². The van der Waals surface area contributed by atoms with Gasteiger partial charge in [0.1, 0.15) is 11.6 Å². The van der Waals surface area contributed by atoms with E-state index in [1.54, 1.807) is 40.6 Å². The predicted octanol–water partition coefficient (Wildman–Crippen LogP) is 7.88. The summed E-state index contributed by atoms with van der Waals surface area (Å²) in [5, 5.41) is 14.9. The molecule has 6 N–H and O–H groups in total. The van der Waals surface area contributed by atoms with Gasteiger partial charge in [-0.15, -0.1) is 0 Å². The Morgan fingerprint density at radius 1 is 0.597 bits per heavy atom. The number of aromatic nitrogens is 4. The molecular formula is C56H63N9O7. The van der Waals surface area contributed by atoms with Crippen molar-refractivity contribution in [2.75, 3.05) is 75.9 Å². The van der Waals surface area contributed by atoms with Gasteiger partial charge >= 0.3 is 5.97 Å². The van der Waals surface area contributed by atoms with Gasteiger partial charge in [-0.3, -0.25) is 9.59 Å². The molecule has 0 bridgehead atoms. The molecule has 2 fully saturated rings. The molecule has 0 spiro atoms. The fourth-order valence-corrected chi connectivity index (χ4v) is 10.6. The van der Waals surface area contributed by atoms with Crippen LogP contribution in [0.15, 0.2) is 109 Å². The highest BCUT2D eigenvalue weighted by Crippen LogP contribution is 2.41. The number of fused-ring (bicyclic) bond motifs is 3. The number of carbonyl (C=O) groups is 2. The summed E-state index contributed by atoms with van der Waals surface area (Å²) in [6.07, 6.45) is 6.47. The normalized spacial score (nSPS) is 17.0. The Hall–Kier alpha value is -7.88. The minimum absolute atomic E-state index is 0.152. The van der Waals surface area contributed by atoms with E-state index >= 15 is 0 Å². The minimum atomic E-state index is -0.795. The summed E-state index contributed by atoms with van der Waals surface area (Å²) >= 11 is 0. The topological polar surface area (TPSA) is 213 Å². The fraction of sp³-hybridized carbons (Fsp3) is 0.357. The maximum Gasteiger partial charge on any atom is 0.310 e. The molecule has 374 valence electrons. The summed E-state index contributed by atoms with van der Waals surface area (Å²) in [6.45, 7) is 2.40. The first-order chi connectivity index (χ1) is 34.9. The molecule has 72 heavy (non-hydrogen) atoms. The van der Waals surface area contributed by atoms with E-state index in [2.05, 4.69) is 61.6 Å². The predicted molar refractivity (Wildman–Crippen MR) is 280 cm³/mol. The minimum Gasteiger partial charge on any atom is -0.493 e. The van der Waals surface area contributed by atoms with Crippen LogP contribution in [0.2, 0.25) is 0 Å². The summed E-state index contributed by atoms with van der Waals surface area (Å²) in [5.74, 6) is 3.49. The third kappa shape index (κ3) is 10.3. The van der Waals surface area contributed by atoms with Gasteiger partial charge in [-0.25, -0.2) is 9.97 Å². The molecule has 7 aromatic rings. The van der Waals surface area contributed by atoms with Crippen LogP contribution in [0.3, 0.4) is 0 Å². The van der Waals surface area contributed by atoms with Crippen LogP contribution in [0.25, 0.3) is 21.8 Å². The molecular weight excluding hydrogens is 911 g/mol. The van der Waals surface area contributed by atoms with Gasteiger partial charge in [0.15, 0.2) is 23.0 Å². The number of amides is 1. The van der Waals surface area contributed by atoms with E-state index < -0.39 is 16.8 Å². The zero-order chi connectivity index (χ0) is 50.4. The van der Waals surface area contributed by atoms with Gasteiger partial charge in [-0.05, 0) is 92.2 Å². The van der Waals surface area contributed by atoms with E-state index in [-0.39, 0.29) is 11.9 Å². The first-order valence-corrected chi connectivity index (χ1v) is 24.5. The van der Waals surface area contributed by atoms with E-state index in [1.165, 1.54) is 16.7 Å². The molecule has 5 aromatic carbocycles. The Kier molecular flexibility index (Phi) is 14.5. The number of carboxylic acids is 1. The van der Waals surface area contributed by atoms with Crippen molar-refractivity contribution < 1.29 is 33.6 Å². The van der Waals surface area contributed by atoms with Gasteiger partial charge in [0.05, 0.1) is 50.3 Å². The van der Waals surface area contributed by atoms with Crippen LogP contribution in [-0.2, 0) is 35.3 Å². The van der Waals surface area contributed by atoms with Crippen molar-refractivity contribution in [2.45, 2.75) is 63.8 Å². The molecule has 1 amide bonds. The van der Waals surface area contributed by atoms with Crippen molar-refractivity contribution in [1.82, 2.24) is 25.3 Å². The number of aliphatic carboxylic acids is 1. The molecule has 2 aliphatic heterocycles. The molecule has 1 atom stereocenters. The Morgan fingerprint density at radius 2 is 1.01 bits per heavy atom. The monoisotopic (exact) mass is 973 g/mol. The van der Waals surface area contributed by atoms with Crippen molar-refractivity contribution in [3.05, 3.63) is 131 Å². The molecule has 4 heterocycles. The van der Waals surface area contributed by atoms with Gasteiger partial charge in [0.25, 0.3) is 0 Å². The zero-order valence-electron chi connectivity index (χ0n) is 41.4. The quantitative estimate of drug-likeness (QED) is 0.0866. The number of rotatable bonds is 13. The van der Waals surface area contributed by atoms with Gasteiger partial charge in [-0.2, -0.15) is 9.97 Å². The number of anilines is 4. The van der Waals surface area contributed by atoms with E-state index in [1.807, 2.05) is 65.6 Å².